The number of hydrogen-bond acceptors (Lipinski definition) is 7. The Labute approximate surface area is 259 Å². The van der Waals surface area contributed by atoms with Crippen molar-refractivity contribution in [3.8, 4) is 0 Å². The van der Waals surface area contributed by atoms with Gasteiger partial charge in [-0.2, -0.15) is 0 Å². The van der Waals surface area contributed by atoms with E-state index in [4.69, 9.17) is 4.74 Å². The van der Waals surface area contributed by atoms with Crippen molar-refractivity contribution in [3.63, 3.8) is 0 Å². The average molecular weight is 610 g/mol. The first-order valence-corrected chi connectivity index (χ1v) is 15.8. The van der Waals surface area contributed by atoms with Crippen LogP contribution < -0.4 is 16.2 Å². The highest BCUT2D eigenvalue weighted by molar-refractivity contribution is 5.97. The number of carbonyl (C=O) groups is 3. The molecule has 2 aromatic rings. The van der Waals surface area contributed by atoms with Crippen molar-refractivity contribution in [2.75, 3.05) is 60.4 Å². The van der Waals surface area contributed by atoms with Crippen LogP contribution in [0.2, 0.25) is 0 Å². The van der Waals surface area contributed by atoms with Crippen molar-refractivity contribution in [2.45, 2.75) is 69.8 Å². The van der Waals surface area contributed by atoms with Crippen LogP contribution in [-0.4, -0.2) is 127 Å². The third-order valence-corrected chi connectivity index (χ3v) is 9.31. The molecule has 4 atom stereocenters. The molecule has 2 bridgehead atoms. The quantitative estimate of drug-likeness (QED) is 0.472. The number of aromatic nitrogens is 1. The van der Waals surface area contributed by atoms with Crippen LogP contribution in [0.4, 0.5) is 9.59 Å². The van der Waals surface area contributed by atoms with Crippen molar-refractivity contribution >= 4 is 28.9 Å². The van der Waals surface area contributed by atoms with Gasteiger partial charge in [0.15, 0.2) is 0 Å². The molecule has 1 unspecified atom stereocenters. The third-order valence-electron chi connectivity index (χ3n) is 9.31. The van der Waals surface area contributed by atoms with Crippen molar-refractivity contribution < 1.29 is 19.1 Å². The number of nitrogens with zero attached hydrogens (tertiary/aromatic N) is 5. The number of pyridine rings is 1. The van der Waals surface area contributed by atoms with Gasteiger partial charge in [0, 0.05) is 84.6 Å². The number of ether oxygens (including phenoxy) is 1. The molecule has 3 aliphatic rings. The Morgan fingerprint density at radius 2 is 1.66 bits per heavy atom. The van der Waals surface area contributed by atoms with Crippen LogP contribution in [0.1, 0.15) is 55.9 Å². The number of urea groups is 1. The van der Waals surface area contributed by atoms with Gasteiger partial charge in [-0.05, 0) is 57.0 Å². The zero-order chi connectivity index (χ0) is 31.5. The fraction of sp³-hybridized carbons (Fsp3) is 0.625. The Kier molecular flexibility index (Phi) is 9.79. The summed E-state index contributed by atoms with van der Waals surface area (Å²) >= 11 is 0. The molecule has 5 rings (SSSR count). The predicted octanol–water partition coefficient (Wildman–Crippen LogP) is 2.33. The monoisotopic (exact) mass is 609 g/mol. The smallest absolute Gasteiger partial charge is 0.407 e. The lowest BCUT2D eigenvalue weighted by atomic mass is 9.96. The molecule has 3 aliphatic heterocycles. The van der Waals surface area contributed by atoms with E-state index in [1.165, 1.54) is 0 Å². The number of alkyl carbamates (subject to hydrolysis) is 1. The minimum Gasteiger partial charge on any atom is -0.444 e. The summed E-state index contributed by atoms with van der Waals surface area (Å²) < 4.78 is 7.54. The highest BCUT2D eigenvalue weighted by atomic mass is 16.6. The topological polar surface area (TPSA) is 119 Å². The number of rotatable bonds is 8. The number of piperazine rings is 1. The second kappa shape index (κ2) is 13.6. The lowest BCUT2D eigenvalue weighted by Crippen LogP contribution is -2.56. The Morgan fingerprint density at radius 1 is 1.00 bits per heavy atom. The van der Waals surface area contributed by atoms with Gasteiger partial charge < -0.3 is 29.7 Å². The van der Waals surface area contributed by atoms with Gasteiger partial charge in [-0.25, -0.2) is 9.59 Å². The Bertz CT molecular complexity index is 1400. The number of nitrogens with one attached hydrogen (secondary N) is 2. The first-order valence-electron chi connectivity index (χ1n) is 15.8. The molecule has 240 valence electrons. The van der Waals surface area contributed by atoms with Crippen LogP contribution in [-0.2, 0) is 4.74 Å². The van der Waals surface area contributed by atoms with Crippen molar-refractivity contribution in [1.82, 2.24) is 34.8 Å². The summed E-state index contributed by atoms with van der Waals surface area (Å²) in [6.07, 6.45) is 2.83. The zero-order valence-corrected chi connectivity index (χ0v) is 26.6. The fourth-order valence-corrected chi connectivity index (χ4v) is 7.18. The Hall–Kier alpha value is -3.64. The lowest BCUT2D eigenvalue weighted by molar-refractivity contribution is 0.0119. The molecule has 12 nitrogen and oxygen atoms in total. The highest BCUT2D eigenvalue weighted by Crippen LogP contribution is 2.36. The van der Waals surface area contributed by atoms with Crippen molar-refractivity contribution in [3.05, 3.63) is 46.2 Å². The summed E-state index contributed by atoms with van der Waals surface area (Å²) in [6, 6.07) is 9.81. The predicted molar refractivity (Wildman–Crippen MR) is 169 cm³/mol. The molecule has 4 heterocycles. The van der Waals surface area contributed by atoms with E-state index in [9.17, 15) is 19.2 Å². The van der Waals surface area contributed by atoms with Gasteiger partial charge in [0.2, 0.25) is 0 Å². The second-order valence-corrected chi connectivity index (χ2v) is 12.9. The molecule has 0 spiro atoms. The second-order valence-electron chi connectivity index (χ2n) is 12.9. The van der Waals surface area contributed by atoms with Gasteiger partial charge in [-0.1, -0.05) is 18.2 Å². The summed E-state index contributed by atoms with van der Waals surface area (Å²) in [5.74, 6) is -0.319. The maximum absolute atomic E-state index is 13.5. The zero-order valence-electron chi connectivity index (χ0n) is 26.6. The number of carbonyl (C=O) groups excluding carboxylic acids is 3. The minimum atomic E-state index is -0.451. The van der Waals surface area contributed by atoms with Crippen LogP contribution in [0, 0.1) is 0 Å². The summed E-state index contributed by atoms with van der Waals surface area (Å²) in [6.45, 7) is 7.84. The number of fused-ring (bicyclic) bond motifs is 3. The molecule has 0 aliphatic carbocycles. The number of amides is 4. The molecule has 0 saturated carbocycles. The van der Waals surface area contributed by atoms with E-state index >= 15 is 0 Å². The highest BCUT2D eigenvalue weighted by Gasteiger charge is 2.42. The molecule has 1 aromatic heterocycles. The molecule has 1 aromatic carbocycles. The fourth-order valence-electron chi connectivity index (χ4n) is 7.18. The van der Waals surface area contributed by atoms with Crippen LogP contribution in [0.25, 0.3) is 10.9 Å². The summed E-state index contributed by atoms with van der Waals surface area (Å²) in [5, 5.41) is 6.64. The summed E-state index contributed by atoms with van der Waals surface area (Å²) in [7, 11) is 5.09. The first kappa shape index (κ1) is 31.8. The van der Waals surface area contributed by atoms with E-state index in [1.54, 1.807) is 36.7 Å². The standard InChI is InChI=1S/C32H47N7O5/c1-21(2)39-28-9-7-6-8-22(28)16-27(30(39)41)29(40)34-23-17-24-10-11-25(18-23)38(24)20-26(44-31(42)33-3)19-36-12-14-37(15-13-36)32(43)35(4)5/h6-9,16,21,23-26H,10-15,17-20H2,1-5H3,(H,33,42)(H,34,40)/t23-,24-,25+,26?. The first-order chi connectivity index (χ1) is 21.0. The van der Waals surface area contributed by atoms with Gasteiger partial charge in [0.25, 0.3) is 11.5 Å². The third kappa shape index (κ3) is 6.86. The van der Waals surface area contributed by atoms with Gasteiger partial charge in [-0.3, -0.25) is 19.4 Å². The van der Waals surface area contributed by atoms with E-state index in [1.807, 2.05) is 43.0 Å². The molecular formula is C32H47N7O5. The van der Waals surface area contributed by atoms with E-state index in [2.05, 4.69) is 20.4 Å². The normalized spacial score (nSPS) is 23.0. The van der Waals surface area contributed by atoms with E-state index in [-0.39, 0.29) is 53.3 Å². The van der Waals surface area contributed by atoms with Gasteiger partial charge in [0.05, 0.1) is 5.52 Å². The average Bonchev–Trinajstić information content (AvgIpc) is 3.22. The van der Waals surface area contributed by atoms with Gasteiger partial charge in [-0.15, -0.1) is 0 Å². The SMILES string of the molecule is CNC(=O)OC(CN1CCN(C(=O)N(C)C)CC1)CN1[C@@H]2CC[C@H]1C[C@H](NC(=O)c1cc3ccccc3n(C(C)C)c1=O)C2. The molecule has 3 fully saturated rings. The summed E-state index contributed by atoms with van der Waals surface area (Å²) in [5.41, 5.74) is 0.740. The minimum absolute atomic E-state index is 0.0144. The lowest BCUT2D eigenvalue weighted by Gasteiger charge is -2.42. The molecule has 12 heteroatoms. The molecular weight excluding hydrogens is 562 g/mol. The number of hydrogen-bond donors (Lipinski definition) is 2. The van der Waals surface area contributed by atoms with Crippen LogP contribution in [0.3, 0.4) is 0 Å². The van der Waals surface area contributed by atoms with Crippen LogP contribution in [0.15, 0.2) is 35.1 Å². The molecule has 3 saturated heterocycles. The van der Waals surface area contributed by atoms with E-state index < -0.39 is 6.09 Å². The number of para-hydroxylation sites is 1. The number of benzene rings is 1. The number of piperidine rings is 1. The van der Waals surface area contributed by atoms with E-state index in [0.717, 1.165) is 49.7 Å². The maximum atomic E-state index is 13.5. The summed E-state index contributed by atoms with van der Waals surface area (Å²) in [4.78, 5) is 59.7. The van der Waals surface area contributed by atoms with Crippen molar-refractivity contribution in [2.24, 2.45) is 0 Å². The molecule has 44 heavy (non-hydrogen) atoms. The maximum Gasteiger partial charge on any atom is 0.407 e. The van der Waals surface area contributed by atoms with Crippen LogP contribution >= 0.6 is 0 Å². The van der Waals surface area contributed by atoms with Gasteiger partial charge >= 0.3 is 12.1 Å². The van der Waals surface area contributed by atoms with E-state index in [0.29, 0.717) is 26.2 Å². The van der Waals surface area contributed by atoms with Gasteiger partial charge in [0.1, 0.15) is 11.7 Å². The Morgan fingerprint density at radius 3 is 2.27 bits per heavy atom. The molecule has 0 radical (unpaired) electrons. The Balaban J connectivity index is 1.22. The van der Waals surface area contributed by atoms with Crippen molar-refractivity contribution in [1.29, 1.82) is 0 Å². The molecule has 2 N–H and O–H groups in total. The van der Waals surface area contributed by atoms with Crippen LogP contribution in [0.5, 0.6) is 0 Å². The molecule has 4 amide bonds. The largest absolute Gasteiger partial charge is 0.444 e.